The van der Waals surface area contributed by atoms with Crippen molar-refractivity contribution in [2.24, 2.45) is 0 Å². The van der Waals surface area contributed by atoms with E-state index in [2.05, 4.69) is 24.3 Å². The van der Waals surface area contributed by atoms with Gasteiger partial charge in [-0.15, -0.1) is 0 Å². The number of likely N-dealkylation sites (N-methyl/N-ethyl adjacent to an activating group) is 1. The zero-order chi connectivity index (χ0) is 9.68. The molecule has 78 valence electrons. The van der Waals surface area contributed by atoms with Crippen molar-refractivity contribution >= 4 is 0 Å². The second-order valence-electron chi connectivity index (χ2n) is 4.22. The normalized spacial score (nSPS) is 29.5. The van der Waals surface area contributed by atoms with Gasteiger partial charge in [0.25, 0.3) is 0 Å². The molecular formula is C10H22N2O. The number of hydrogen-bond donors (Lipinski definition) is 2. The molecule has 0 aliphatic heterocycles. The van der Waals surface area contributed by atoms with Crippen molar-refractivity contribution in [3.63, 3.8) is 0 Å². The third kappa shape index (κ3) is 4.07. The van der Waals surface area contributed by atoms with E-state index >= 15 is 0 Å². The Balaban J connectivity index is 2.11. The number of aliphatic hydroxyl groups is 1. The maximum absolute atomic E-state index is 9.66. The molecule has 2 atom stereocenters. The van der Waals surface area contributed by atoms with Crippen molar-refractivity contribution < 1.29 is 5.11 Å². The summed E-state index contributed by atoms with van der Waals surface area (Å²) in [5, 5.41) is 13.1. The third-order valence-electron chi connectivity index (χ3n) is 2.70. The van der Waals surface area contributed by atoms with Crippen molar-refractivity contribution in [2.45, 2.75) is 37.8 Å². The molecule has 0 aromatic rings. The predicted octanol–water partition coefficient (Wildman–Crippen LogP) is 0.441. The third-order valence-corrected chi connectivity index (χ3v) is 2.70. The Hall–Kier alpha value is -0.120. The maximum Gasteiger partial charge on any atom is 0.0693 e. The summed E-state index contributed by atoms with van der Waals surface area (Å²) in [7, 11) is 4.14. The van der Waals surface area contributed by atoms with Crippen LogP contribution in [0.25, 0.3) is 0 Å². The van der Waals surface area contributed by atoms with Gasteiger partial charge < -0.3 is 15.3 Å². The number of rotatable bonds is 4. The van der Waals surface area contributed by atoms with E-state index in [0.717, 1.165) is 25.9 Å². The minimum absolute atomic E-state index is 0.115. The van der Waals surface area contributed by atoms with Crippen LogP contribution in [-0.2, 0) is 0 Å². The molecule has 2 N–H and O–H groups in total. The molecule has 3 heteroatoms. The molecule has 3 nitrogen and oxygen atoms in total. The standard InChI is InChI=1S/C10H22N2O/c1-12(2)8-7-11-9-5-3-4-6-10(9)13/h9-11,13H,3-8H2,1-2H3/t9-,10-/m1/s1. The van der Waals surface area contributed by atoms with Crippen LogP contribution in [0, 0.1) is 0 Å². The van der Waals surface area contributed by atoms with E-state index in [0.29, 0.717) is 6.04 Å². The Labute approximate surface area is 81.1 Å². The first-order valence-corrected chi connectivity index (χ1v) is 5.26. The predicted molar refractivity (Wildman–Crippen MR) is 54.8 cm³/mol. The molecule has 1 aliphatic carbocycles. The second kappa shape index (κ2) is 5.58. The van der Waals surface area contributed by atoms with Crippen molar-refractivity contribution in [3.8, 4) is 0 Å². The highest BCUT2D eigenvalue weighted by atomic mass is 16.3. The molecule has 0 saturated heterocycles. The van der Waals surface area contributed by atoms with Gasteiger partial charge in [-0.2, -0.15) is 0 Å². The summed E-state index contributed by atoms with van der Waals surface area (Å²) in [5.74, 6) is 0. The van der Waals surface area contributed by atoms with Crippen LogP contribution in [0.3, 0.4) is 0 Å². The largest absolute Gasteiger partial charge is 0.392 e. The Morgan fingerprint density at radius 3 is 2.62 bits per heavy atom. The van der Waals surface area contributed by atoms with Crippen LogP contribution in [0.1, 0.15) is 25.7 Å². The zero-order valence-electron chi connectivity index (χ0n) is 8.79. The molecule has 0 spiro atoms. The summed E-state index contributed by atoms with van der Waals surface area (Å²) in [5.41, 5.74) is 0. The van der Waals surface area contributed by atoms with Gasteiger partial charge in [-0.05, 0) is 26.9 Å². The fourth-order valence-electron chi connectivity index (χ4n) is 1.82. The lowest BCUT2D eigenvalue weighted by Crippen LogP contribution is -2.44. The minimum Gasteiger partial charge on any atom is -0.392 e. The molecule has 1 fully saturated rings. The Morgan fingerprint density at radius 1 is 1.31 bits per heavy atom. The van der Waals surface area contributed by atoms with Crippen LogP contribution < -0.4 is 5.32 Å². The van der Waals surface area contributed by atoms with Gasteiger partial charge in [0.2, 0.25) is 0 Å². The van der Waals surface area contributed by atoms with E-state index in [1.165, 1.54) is 12.8 Å². The summed E-state index contributed by atoms with van der Waals surface area (Å²) in [6.45, 7) is 2.03. The van der Waals surface area contributed by atoms with Gasteiger partial charge >= 0.3 is 0 Å². The van der Waals surface area contributed by atoms with Gasteiger partial charge in [-0.3, -0.25) is 0 Å². The molecule has 0 aromatic heterocycles. The molecule has 0 unspecified atom stereocenters. The van der Waals surface area contributed by atoms with Crippen molar-refractivity contribution in [3.05, 3.63) is 0 Å². The fraction of sp³-hybridized carbons (Fsp3) is 1.00. The van der Waals surface area contributed by atoms with Gasteiger partial charge in [0, 0.05) is 19.1 Å². The lowest BCUT2D eigenvalue weighted by Gasteiger charge is -2.28. The first kappa shape index (κ1) is 11.0. The van der Waals surface area contributed by atoms with Gasteiger partial charge in [0.1, 0.15) is 0 Å². The molecular weight excluding hydrogens is 164 g/mol. The Kier molecular flexibility index (Phi) is 4.70. The van der Waals surface area contributed by atoms with Crippen LogP contribution in [0.15, 0.2) is 0 Å². The summed E-state index contributed by atoms with van der Waals surface area (Å²) in [6, 6.07) is 0.341. The lowest BCUT2D eigenvalue weighted by atomic mass is 9.93. The molecule has 13 heavy (non-hydrogen) atoms. The highest BCUT2D eigenvalue weighted by molar-refractivity contribution is 4.80. The van der Waals surface area contributed by atoms with Crippen molar-refractivity contribution in [2.75, 3.05) is 27.2 Å². The summed E-state index contributed by atoms with van der Waals surface area (Å²) in [4.78, 5) is 2.15. The monoisotopic (exact) mass is 186 g/mol. The number of nitrogens with zero attached hydrogens (tertiary/aromatic N) is 1. The second-order valence-corrected chi connectivity index (χ2v) is 4.22. The highest BCUT2D eigenvalue weighted by Gasteiger charge is 2.21. The molecule has 0 bridgehead atoms. The van der Waals surface area contributed by atoms with Gasteiger partial charge in [-0.25, -0.2) is 0 Å². The quantitative estimate of drug-likeness (QED) is 0.669. The van der Waals surface area contributed by atoms with E-state index in [-0.39, 0.29) is 6.10 Å². The number of aliphatic hydroxyl groups excluding tert-OH is 1. The van der Waals surface area contributed by atoms with E-state index in [4.69, 9.17) is 0 Å². The first-order valence-electron chi connectivity index (χ1n) is 5.26. The molecule has 1 saturated carbocycles. The molecule has 0 amide bonds. The van der Waals surface area contributed by atoms with E-state index in [1.807, 2.05) is 0 Å². The number of nitrogens with one attached hydrogen (secondary N) is 1. The maximum atomic E-state index is 9.66. The molecule has 0 heterocycles. The van der Waals surface area contributed by atoms with Crippen molar-refractivity contribution in [1.82, 2.24) is 10.2 Å². The molecule has 0 radical (unpaired) electrons. The average molecular weight is 186 g/mol. The Morgan fingerprint density at radius 2 is 2.00 bits per heavy atom. The molecule has 1 rings (SSSR count). The van der Waals surface area contributed by atoms with Crippen LogP contribution >= 0.6 is 0 Å². The summed E-state index contributed by atoms with van der Waals surface area (Å²) >= 11 is 0. The van der Waals surface area contributed by atoms with E-state index in [1.54, 1.807) is 0 Å². The van der Waals surface area contributed by atoms with Crippen LogP contribution in [0.5, 0.6) is 0 Å². The lowest BCUT2D eigenvalue weighted by molar-refractivity contribution is 0.0902. The van der Waals surface area contributed by atoms with Crippen molar-refractivity contribution in [1.29, 1.82) is 0 Å². The highest BCUT2D eigenvalue weighted by Crippen LogP contribution is 2.17. The number of hydrogen-bond acceptors (Lipinski definition) is 3. The molecule has 0 aromatic carbocycles. The molecule has 1 aliphatic rings. The summed E-state index contributed by atoms with van der Waals surface area (Å²) < 4.78 is 0. The summed E-state index contributed by atoms with van der Waals surface area (Å²) in [6.07, 6.45) is 4.44. The van der Waals surface area contributed by atoms with Crippen LogP contribution in [0.4, 0.5) is 0 Å². The van der Waals surface area contributed by atoms with Gasteiger partial charge in [0.15, 0.2) is 0 Å². The van der Waals surface area contributed by atoms with E-state index in [9.17, 15) is 5.11 Å². The fourth-order valence-corrected chi connectivity index (χ4v) is 1.82. The smallest absolute Gasteiger partial charge is 0.0693 e. The van der Waals surface area contributed by atoms with Crippen LogP contribution in [-0.4, -0.2) is 49.3 Å². The topological polar surface area (TPSA) is 35.5 Å². The average Bonchev–Trinajstić information content (AvgIpc) is 2.08. The van der Waals surface area contributed by atoms with Gasteiger partial charge in [0.05, 0.1) is 6.10 Å². The SMILES string of the molecule is CN(C)CCN[C@@H]1CCCC[C@H]1O. The van der Waals surface area contributed by atoms with E-state index < -0.39 is 0 Å². The Bertz CT molecular complexity index is 139. The first-order chi connectivity index (χ1) is 6.20. The minimum atomic E-state index is -0.115. The van der Waals surface area contributed by atoms with Gasteiger partial charge in [-0.1, -0.05) is 12.8 Å². The van der Waals surface area contributed by atoms with Crippen LogP contribution in [0.2, 0.25) is 0 Å². The zero-order valence-corrected chi connectivity index (χ0v) is 8.79.